The number of aromatic nitrogens is 1. The van der Waals surface area contributed by atoms with Gasteiger partial charge in [-0.1, -0.05) is 39.7 Å². The number of halogens is 2. The van der Waals surface area contributed by atoms with Crippen LogP contribution in [-0.2, 0) is 0 Å². The van der Waals surface area contributed by atoms with Crippen LogP contribution in [0.25, 0.3) is 0 Å². The number of pyridine rings is 1. The quantitative estimate of drug-likeness (QED) is 0.835. The molecule has 98 valence electrons. The first-order valence-electron chi connectivity index (χ1n) is 5.37. The molecule has 0 aliphatic carbocycles. The number of benzene rings is 1. The Labute approximate surface area is 129 Å². The molecule has 0 amide bonds. The van der Waals surface area contributed by atoms with E-state index in [1.54, 1.807) is 18.2 Å². The Balaban J connectivity index is 2.42. The maximum atomic E-state index is 6.10. The number of aryl methyl sites for hydroxylation is 1. The van der Waals surface area contributed by atoms with Crippen molar-refractivity contribution in [3.05, 3.63) is 51.1 Å². The van der Waals surface area contributed by atoms with E-state index in [4.69, 9.17) is 34.3 Å². The smallest absolute Gasteiger partial charge is 0.229 e. The van der Waals surface area contributed by atoms with Crippen molar-refractivity contribution in [3.63, 3.8) is 0 Å². The summed E-state index contributed by atoms with van der Waals surface area (Å²) in [5, 5.41) is 0.478. The molecular weight excluding hydrogens is 348 g/mol. The summed E-state index contributed by atoms with van der Waals surface area (Å²) < 4.78 is 6.58. The molecule has 19 heavy (non-hydrogen) atoms. The second-order valence-electron chi connectivity index (χ2n) is 3.85. The van der Waals surface area contributed by atoms with Crippen LogP contribution < -0.4 is 10.5 Å². The highest BCUT2D eigenvalue weighted by Crippen LogP contribution is 2.32. The van der Waals surface area contributed by atoms with Crippen molar-refractivity contribution in [2.24, 2.45) is 5.73 Å². The van der Waals surface area contributed by atoms with Crippen molar-refractivity contribution in [3.8, 4) is 11.6 Å². The van der Waals surface area contributed by atoms with Crippen LogP contribution in [0.2, 0.25) is 5.02 Å². The predicted molar refractivity (Wildman–Crippen MR) is 84.1 cm³/mol. The van der Waals surface area contributed by atoms with Crippen LogP contribution in [0.4, 0.5) is 0 Å². The topological polar surface area (TPSA) is 48.1 Å². The molecule has 0 spiro atoms. The molecule has 1 aromatic carbocycles. The van der Waals surface area contributed by atoms with Crippen molar-refractivity contribution in [1.82, 2.24) is 4.98 Å². The van der Waals surface area contributed by atoms with Gasteiger partial charge in [0.25, 0.3) is 0 Å². The van der Waals surface area contributed by atoms with Crippen molar-refractivity contribution in [2.75, 3.05) is 0 Å². The van der Waals surface area contributed by atoms with Gasteiger partial charge in [-0.2, -0.15) is 0 Å². The van der Waals surface area contributed by atoms with Crippen LogP contribution in [0.15, 0.2) is 34.8 Å². The number of nitrogens with zero attached hydrogens (tertiary/aromatic N) is 1. The normalized spacial score (nSPS) is 10.3. The van der Waals surface area contributed by atoms with E-state index in [-0.39, 0.29) is 4.99 Å². The van der Waals surface area contributed by atoms with Crippen molar-refractivity contribution in [1.29, 1.82) is 0 Å². The van der Waals surface area contributed by atoms with Crippen LogP contribution >= 0.6 is 39.7 Å². The summed E-state index contributed by atoms with van der Waals surface area (Å²) in [7, 11) is 0. The highest BCUT2D eigenvalue weighted by Gasteiger charge is 2.11. The molecule has 0 bridgehead atoms. The van der Waals surface area contributed by atoms with Crippen LogP contribution in [0.5, 0.6) is 11.6 Å². The van der Waals surface area contributed by atoms with E-state index >= 15 is 0 Å². The maximum absolute atomic E-state index is 6.10. The largest absolute Gasteiger partial charge is 0.437 e. The first kappa shape index (κ1) is 14.2. The van der Waals surface area contributed by atoms with Gasteiger partial charge < -0.3 is 10.5 Å². The molecule has 2 N–H and O–H groups in total. The van der Waals surface area contributed by atoms with Gasteiger partial charge in [0, 0.05) is 10.2 Å². The van der Waals surface area contributed by atoms with E-state index in [2.05, 4.69) is 20.9 Å². The second kappa shape index (κ2) is 5.86. The highest BCUT2D eigenvalue weighted by atomic mass is 79.9. The van der Waals surface area contributed by atoms with Crippen LogP contribution in [-0.4, -0.2) is 9.97 Å². The predicted octanol–water partition coefficient (Wildman–Crippen LogP) is 4.23. The number of ether oxygens (including phenoxy) is 1. The first-order valence-corrected chi connectivity index (χ1v) is 6.95. The fourth-order valence-electron chi connectivity index (χ4n) is 1.46. The third kappa shape index (κ3) is 3.43. The molecule has 0 saturated carbocycles. The third-order valence-corrected chi connectivity index (χ3v) is 3.37. The van der Waals surface area contributed by atoms with Crippen LogP contribution in [0.3, 0.4) is 0 Å². The molecule has 2 rings (SSSR count). The minimum absolute atomic E-state index is 0.232. The van der Waals surface area contributed by atoms with Crippen LogP contribution in [0.1, 0.15) is 11.3 Å². The lowest BCUT2D eigenvalue weighted by molar-refractivity contribution is 0.461. The zero-order valence-electron chi connectivity index (χ0n) is 9.98. The molecule has 1 heterocycles. The lowest BCUT2D eigenvalue weighted by atomic mass is 10.2. The number of thiocarbonyl (C=S) groups is 1. The number of nitrogens with two attached hydrogens (primary N) is 1. The minimum Gasteiger partial charge on any atom is -0.437 e. The number of rotatable bonds is 3. The average Bonchev–Trinajstić information content (AvgIpc) is 2.32. The average molecular weight is 358 g/mol. The van der Waals surface area contributed by atoms with E-state index < -0.39 is 0 Å². The number of hydrogen-bond donors (Lipinski definition) is 1. The Bertz CT molecular complexity index is 649. The van der Waals surface area contributed by atoms with Gasteiger partial charge in [-0.3, -0.25) is 0 Å². The van der Waals surface area contributed by atoms with Gasteiger partial charge >= 0.3 is 0 Å². The number of hydrogen-bond acceptors (Lipinski definition) is 3. The van der Waals surface area contributed by atoms with E-state index in [1.165, 1.54) is 0 Å². The maximum Gasteiger partial charge on any atom is 0.229 e. The van der Waals surface area contributed by atoms with E-state index in [0.29, 0.717) is 22.2 Å². The summed E-state index contributed by atoms with van der Waals surface area (Å²) in [5.74, 6) is 0.859. The lowest BCUT2D eigenvalue weighted by Gasteiger charge is -2.11. The van der Waals surface area contributed by atoms with Gasteiger partial charge in [0.15, 0.2) is 0 Å². The summed E-state index contributed by atoms with van der Waals surface area (Å²) in [6.07, 6.45) is 0. The van der Waals surface area contributed by atoms with Crippen molar-refractivity contribution >= 4 is 44.7 Å². The monoisotopic (exact) mass is 356 g/mol. The first-order chi connectivity index (χ1) is 8.97. The fourth-order valence-corrected chi connectivity index (χ4v) is 2.33. The summed E-state index contributed by atoms with van der Waals surface area (Å²) >= 11 is 14.4. The summed E-state index contributed by atoms with van der Waals surface area (Å²) in [6, 6.07) is 8.93. The Morgan fingerprint density at radius 1 is 1.37 bits per heavy atom. The lowest BCUT2D eigenvalue weighted by Crippen LogP contribution is -2.12. The summed E-state index contributed by atoms with van der Waals surface area (Å²) in [6.45, 7) is 1.86. The standard InChI is InChI=1S/C13H10BrClN2OS/c1-7-2-4-9(12(16)19)13(17-7)18-11-5-3-8(14)6-10(11)15/h2-6H,1H3,(H2,16,19). The Kier molecular flexibility index (Phi) is 4.39. The highest BCUT2D eigenvalue weighted by molar-refractivity contribution is 9.10. The molecule has 2 aromatic rings. The summed E-state index contributed by atoms with van der Waals surface area (Å²) in [5.41, 5.74) is 7.04. The van der Waals surface area contributed by atoms with Gasteiger partial charge in [0.1, 0.15) is 10.7 Å². The molecular formula is C13H10BrClN2OS. The minimum atomic E-state index is 0.232. The zero-order chi connectivity index (χ0) is 14.0. The molecule has 6 heteroatoms. The molecule has 1 aromatic heterocycles. The van der Waals surface area contributed by atoms with E-state index in [1.807, 2.05) is 19.1 Å². The SMILES string of the molecule is Cc1ccc(C(N)=S)c(Oc2ccc(Br)cc2Cl)n1. The molecule has 0 fully saturated rings. The van der Waals surface area contributed by atoms with Gasteiger partial charge in [-0.05, 0) is 37.3 Å². The molecule has 0 aliphatic rings. The van der Waals surface area contributed by atoms with Gasteiger partial charge in [0.05, 0.1) is 10.6 Å². The van der Waals surface area contributed by atoms with Gasteiger partial charge in [-0.15, -0.1) is 0 Å². The molecule has 0 saturated heterocycles. The molecule has 3 nitrogen and oxygen atoms in total. The Hall–Kier alpha value is -1.17. The van der Waals surface area contributed by atoms with Gasteiger partial charge in [-0.25, -0.2) is 4.98 Å². The third-order valence-electron chi connectivity index (χ3n) is 2.37. The molecule has 0 atom stereocenters. The second-order valence-corrected chi connectivity index (χ2v) is 5.61. The van der Waals surface area contributed by atoms with Crippen LogP contribution in [0, 0.1) is 6.92 Å². The Morgan fingerprint density at radius 2 is 2.11 bits per heavy atom. The van der Waals surface area contributed by atoms with Crippen molar-refractivity contribution in [2.45, 2.75) is 6.92 Å². The van der Waals surface area contributed by atoms with E-state index in [9.17, 15) is 0 Å². The molecule has 0 unspecified atom stereocenters. The zero-order valence-corrected chi connectivity index (χ0v) is 13.1. The summed E-state index contributed by atoms with van der Waals surface area (Å²) in [4.78, 5) is 4.53. The Morgan fingerprint density at radius 3 is 2.74 bits per heavy atom. The van der Waals surface area contributed by atoms with E-state index in [0.717, 1.165) is 10.2 Å². The molecule has 0 radical (unpaired) electrons. The fraction of sp³-hybridized carbons (Fsp3) is 0.0769. The van der Waals surface area contributed by atoms with Gasteiger partial charge in [0.2, 0.25) is 5.88 Å². The van der Waals surface area contributed by atoms with Crippen molar-refractivity contribution < 1.29 is 4.74 Å². The molecule has 0 aliphatic heterocycles.